The highest BCUT2D eigenvalue weighted by Gasteiger charge is 2.28. The molecule has 2 aliphatic rings. The number of imidazole rings is 1. The lowest BCUT2D eigenvalue weighted by atomic mass is 9.98. The Hall–Kier alpha value is -4.03. The van der Waals surface area contributed by atoms with Crippen molar-refractivity contribution in [2.24, 2.45) is 5.92 Å². The van der Waals surface area contributed by atoms with E-state index in [1.54, 1.807) is 46.6 Å². The first kappa shape index (κ1) is 30.0. The van der Waals surface area contributed by atoms with Crippen LogP contribution < -0.4 is 9.64 Å². The molecule has 0 radical (unpaired) electrons. The Kier molecular flexibility index (Phi) is 8.30. The SMILES string of the molecule is CC(C)(C)OC(=O)N1CCC(COc2cnc(-c3ccc(F)c(CN4c5nc6ccc(Br)cc6n5C=CC4O)c3)nc2)CC1. The van der Waals surface area contributed by atoms with E-state index in [1.807, 2.05) is 43.5 Å². The second-order valence-corrected chi connectivity index (χ2v) is 13.0. The van der Waals surface area contributed by atoms with Crippen LogP contribution in [0.1, 0.15) is 39.2 Å². The summed E-state index contributed by atoms with van der Waals surface area (Å²) in [5.74, 6) is 1.40. The van der Waals surface area contributed by atoms with Gasteiger partial charge < -0.3 is 24.4 Å². The Morgan fingerprint density at radius 2 is 1.86 bits per heavy atom. The molecule has 12 heteroatoms. The van der Waals surface area contributed by atoms with E-state index in [-0.39, 0.29) is 12.6 Å². The summed E-state index contributed by atoms with van der Waals surface area (Å²) in [6.45, 7) is 7.44. The molecule has 4 heterocycles. The van der Waals surface area contributed by atoms with Crippen LogP contribution in [-0.4, -0.2) is 67.1 Å². The lowest BCUT2D eigenvalue weighted by Crippen LogP contribution is -2.42. The van der Waals surface area contributed by atoms with Crippen molar-refractivity contribution in [1.29, 1.82) is 0 Å². The van der Waals surface area contributed by atoms with Gasteiger partial charge in [0.15, 0.2) is 17.8 Å². The zero-order valence-electron chi connectivity index (χ0n) is 24.8. The molecule has 10 nitrogen and oxygen atoms in total. The number of ether oxygens (including phenoxy) is 2. The highest BCUT2D eigenvalue weighted by atomic mass is 79.9. The molecule has 0 bridgehead atoms. The predicted octanol–water partition coefficient (Wildman–Crippen LogP) is 6.23. The molecule has 1 amide bonds. The second kappa shape index (κ2) is 12.2. The van der Waals surface area contributed by atoms with Crippen molar-refractivity contribution in [3.05, 3.63) is 70.7 Å². The fraction of sp³-hybridized carbons (Fsp3) is 0.375. The number of fused-ring (bicyclic) bond motifs is 3. The monoisotopic (exact) mass is 664 g/mol. The lowest BCUT2D eigenvalue weighted by Gasteiger charge is -2.33. The van der Waals surface area contributed by atoms with Crippen molar-refractivity contribution in [3.63, 3.8) is 0 Å². The topological polar surface area (TPSA) is 106 Å². The van der Waals surface area contributed by atoms with Crippen LogP contribution in [0.15, 0.2) is 59.3 Å². The van der Waals surface area contributed by atoms with Gasteiger partial charge in [0, 0.05) is 34.9 Å². The molecule has 2 aromatic heterocycles. The summed E-state index contributed by atoms with van der Waals surface area (Å²) in [7, 11) is 0. The van der Waals surface area contributed by atoms with E-state index in [4.69, 9.17) is 14.5 Å². The molecule has 1 fully saturated rings. The van der Waals surface area contributed by atoms with Gasteiger partial charge >= 0.3 is 6.09 Å². The van der Waals surface area contributed by atoms with E-state index in [0.29, 0.717) is 54.3 Å². The number of nitrogens with zero attached hydrogens (tertiary/aromatic N) is 6. The molecule has 1 saturated heterocycles. The minimum absolute atomic E-state index is 0.0869. The first-order valence-electron chi connectivity index (χ1n) is 14.6. The summed E-state index contributed by atoms with van der Waals surface area (Å²) in [5, 5.41) is 10.8. The number of aliphatic hydroxyl groups is 1. The average molecular weight is 666 g/mol. The average Bonchev–Trinajstić information content (AvgIpc) is 3.36. The van der Waals surface area contributed by atoms with E-state index in [0.717, 1.165) is 28.3 Å². The van der Waals surface area contributed by atoms with Gasteiger partial charge in [-0.2, -0.15) is 0 Å². The minimum atomic E-state index is -0.969. The molecule has 44 heavy (non-hydrogen) atoms. The molecule has 6 rings (SSSR count). The Balaban J connectivity index is 1.09. The summed E-state index contributed by atoms with van der Waals surface area (Å²) < 4.78 is 29.3. The fourth-order valence-electron chi connectivity index (χ4n) is 5.33. The normalized spacial score (nSPS) is 17.2. The molecule has 2 aliphatic heterocycles. The van der Waals surface area contributed by atoms with Crippen molar-refractivity contribution >= 4 is 45.2 Å². The van der Waals surface area contributed by atoms with E-state index >= 15 is 4.39 Å². The number of anilines is 1. The van der Waals surface area contributed by atoms with Crippen LogP contribution in [0.3, 0.4) is 0 Å². The van der Waals surface area contributed by atoms with E-state index in [9.17, 15) is 9.90 Å². The molecule has 230 valence electrons. The highest BCUT2D eigenvalue weighted by Crippen LogP contribution is 2.32. The lowest BCUT2D eigenvalue weighted by molar-refractivity contribution is 0.0165. The molecule has 1 N–H and O–H groups in total. The number of aromatic nitrogens is 4. The maximum atomic E-state index is 15.0. The quantitative estimate of drug-likeness (QED) is 0.259. The molecule has 0 aliphatic carbocycles. The van der Waals surface area contributed by atoms with Gasteiger partial charge in [0.1, 0.15) is 11.4 Å². The second-order valence-electron chi connectivity index (χ2n) is 12.1. The number of carbonyl (C=O) groups is 1. The maximum absolute atomic E-state index is 15.0. The van der Waals surface area contributed by atoms with Crippen LogP contribution in [0.5, 0.6) is 5.75 Å². The number of rotatable bonds is 6. The van der Waals surface area contributed by atoms with Crippen molar-refractivity contribution in [1.82, 2.24) is 24.4 Å². The first-order valence-corrected chi connectivity index (χ1v) is 15.4. The summed E-state index contributed by atoms with van der Waals surface area (Å²) in [6, 6.07) is 10.5. The van der Waals surface area contributed by atoms with Gasteiger partial charge in [-0.05, 0) is 82.0 Å². The van der Waals surface area contributed by atoms with E-state index < -0.39 is 17.6 Å². The van der Waals surface area contributed by atoms with Gasteiger partial charge in [-0.25, -0.2) is 24.1 Å². The van der Waals surface area contributed by atoms with Gasteiger partial charge in [-0.15, -0.1) is 0 Å². The predicted molar refractivity (Wildman–Crippen MR) is 168 cm³/mol. The molecule has 4 aromatic rings. The summed E-state index contributed by atoms with van der Waals surface area (Å²) in [5.41, 5.74) is 2.14. The smallest absolute Gasteiger partial charge is 0.410 e. The molecule has 1 unspecified atom stereocenters. The first-order chi connectivity index (χ1) is 21.0. The summed E-state index contributed by atoms with van der Waals surface area (Å²) in [4.78, 5) is 29.3. The van der Waals surface area contributed by atoms with Crippen molar-refractivity contribution < 1.29 is 23.8 Å². The van der Waals surface area contributed by atoms with Gasteiger partial charge in [0.2, 0.25) is 5.95 Å². The number of hydrogen-bond donors (Lipinski definition) is 1. The van der Waals surface area contributed by atoms with Crippen LogP contribution in [0.2, 0.25) is 0 Å². The Labute approximate surface area is 263 Å². The fourth-order valence-corrected chi connectivity index (χ4v) is 5.68. The Morgan fingerprint density at radius 1 is 1.11 bits per heavy atom. The third-order valence-corrected chi connectivity index (χ3v) is 8.13. The number of likely N-dealkylation sites (tertiary alicyclic amines) is 1. The van der Waals surface area contributed by atoms with Crippen molar-refractivity contribution in [3.8, 4) is 17.1 Å². The summed E-state index contributed by atoms with van der Waals surface area (Å²) >= 11 is 3.50. The van der Waals surface area contributed by atoms with E-state index in [1.165, 1.54) is 6.07 Å². The van der Waals surface area contributed by atoms with Crippen molar-refractivity contribution in [2.75, 3.05) is 24.6 Å². The molecule has 0 spiro atoms. The number of aliphatic hydroxyl groups excluding tert-OH is 1. The van der Waals surface area contributed by atoms with E-state index in [2.05, 4.69) is 25.9 Å². The number of carbonyl (C=O) groups excluding carboxylic acids is 1. The Bertz CT molecular complexity index is 1700. The van der Waals surface area contributed by atoms with Crippen LogP contribution in [0.25, 0.3) is 28.6 Å². The van der Waals surface area contributed by atoms with Crippen molar-refractivity contribution in [2.45, 2.75) is 52.0 Å². The minimum Gasteiger partial charge on any atom is -0.490 e. The van der Waals surface area contributed by atoms with Crippen LogP contribution >= 0.6 is 15.9 Å². The zero-order valence-corrected chi connectivity index (χ0v) is 26.4. The van der Waals surface area contributed by atoms with Gasteiger partial charge in [-0.1, -0.05) is 15.9 Å². The standard InChI is InChI=1S/C32H34BrFN6O4/c1-32(2,3)44-31(42)38-11-8-20(9-12-38)19-43-24-16-35-29(36-17-24)21-4-6-25(34)22(14-21)18-40-28(41)10-13-39-27-15-23(33)5-7-26(27)37-30(39)40/h4-7,10,13-17,20,28,41H,8-9,11-12,18-19H2,1-3H3. The number of amides is 1. The molecule has 2 aromatic carbocycles. The molecule has 0 saturated carbocycles. The van der Waals surface area contributed by atoms with Crippen LogP contribution in [-0.2, 0) is 11.3 Å². The highest BCUT2D eigenvalue weighted by molar-refractivity contribution is 9.10. The summed E-state index contributed by atoms with van der Waals surface area (Å²) in [6.07, 6.45) is 7.04. The van der Waals surface area contributed by atoms with Crippen LogP contribution in [0.4, 0.5) is 15.1 Å². The Morgan fingerprint density at radius 3 is 2.59 bits per heavy atom. The van der Waals surface area contributed by atoms with Crippen LogP contribution in [0, 0.1) is 11.7 Å². The van der Waals surface area contributed by atoms with Gasteiger partial charge in [0.05, 0.1) is 36.6 Å². The number of benzene rings is 2. The number of piperidine rings is 1. The van der Waals surface area contributed by atoms with Gasteiger partial charge in [0.25, 0.3) is 0 Å². The maximum Gasteiger partial charge on any atom is 0.410 e. The number of hydrogen-bond acceptors (Lipinski definition) is 8. The third kappa shape index (κ3) is 6.56. The molecular weight excluding hydrogens is 631 g/mol. The largest absolute Gasteiger partial charge is 0.490 e. The zero-order chi connectivity index (χ0) is 31.0. The van der Waals surface area contributed by atoms with Gasteiger partial charge in [-0.3, -0.25) is 4.57 Å². The number of halogens is 2. The third-order valence-electron chi connectivity index (χ3n) is 7.64. The molecular formula is C32H34BrFN6O4. The molecule has 1 atom stereocenters.